The van der Waals surface area contributed by atoms with E-state index in [-0.39, 0.29) is 11.2 Å². The van der Waals surface area contributed by atoms with E-state index in [0.29, 0.717) is 16.6 Å². The average Bonchev–Trinajstić information content (AvgIpc) is 3.09. The molecule has 146 valence electrons. The molecule has 3 rings (SSSR count). The van der Waals surface area contributed by atoms with Crippen LogP contribution in [0.25, 0.3) is 5.69 Å². The molecule has 0 bridgehead atoms. The molecule has 28 heavy (non-hydrogen) atoms. The third-order valence-electron chi connectivity index (χ3n) is 4.39. The number of aryl methyl sites for hydroxylation is 3. The monoisotopic (exact) mass is 396 g/mol. The number of carbonyl (C=O) groups is 1. The fraction of sp³-hybridized carbons (Fsp3) is 0.286. The van der Waals surface area contributed by atoms with Crippen molar-refractivity contribution in [2.24, 2.45) is 0 Å². The number of methoxy groups -OCH3 is 1. The molecule has 0 radical (unpaired) electrons. The Morgan fingerprint density at radius 3 is 2.57 bits per heavy atom. The molecule has 0 saturated carbocycles. The van der Waals surface area contributed by atoms with Crippen molar-refractivity contribution in [1.29, 1.82) is 0 Å². The lowest BCUT2D eigenvalue weighted by Gasteiger charge is -2.15. The van der Waals surface area contributed by atoms with Gasteiger partial charge in [-0.1, -0.05) is 35.5 Å². The molecule has 1 heterocycles. The van der Waals surface area contributed by atoms with E-state index in [1.807, 2.05) is 42.7 Å². The summed E-state index contributed by atoms with van der Waals surface area (Å²) in [7, 11) is 1.59. The van der Waals surface area contributed by atoms with Crippen molar-refractivity contribution in [2.45, 2.75) is 38.1 Å². The Bertz CT molecular complexity index is 1000. The van der Waals surface area contributed by atoms with Crippen LogP contribution in [0.5, 0.6) is 5.75 Å². The van der Waals surface area contributed by atoms with Crippen LogP contribution in [0.15, 0.2) is 47.9 Å². The second-order valence-corrected chi connectivity index (χ2v) is 8.03. The molecular weight excluding hydrogens is 372 g/mol. The van der Waals surface area contributed by atoms with E-state index in [1.165, 1.54) is 17.3 Å². The van der Waals surface area contributed by atoms with Gasteiger partial charge in [0.15, 0.2) is 5.16 Å². The summed E-state index contributed by atoms with van der Waals surface area (Å²) in [5.74, 6) is 0.513. The highest BCUT2D eigenvalue weighted by Gasteiger charge is 2.20. The molecule has 1 aromatic heterocycles. The van der Waals surface area contributed by atoms with Crippen LogP contribution in [0.3, 0.4) is 0 Å². The van der Waals surface area contributed by atoms with Crippen LogP contribution in [0, 0.1) is 20.8 Å². The molecule has 1 atom stereocenters. The van der Waals surface area contributed by atoms with Gasteiger partial charge in [0, 0.05) is 0 Å². The molecule has 1 N–H and O–H groups in total. The number of ether oxygens (including phenoxy) is 1. The van der Waals surface area contributed by atoms with Gasteiger partial charge in [-0.05, 0) is 57.0 Å². The number of hydrogen-bond acceptors (Lipinski definition) is 5. The number of nitrogens with one attached hydrogen (secondary N) is 1. The number of rotatable bonds is 6. The molecule has 0 aliphatic heterocycles. The van der Waals surface area contributed by atoms with Crippen molar-refractivity contribution < 1.29 is 9.53 Å². The lowest BCUT2D eigenvalue weighted by Crippen LogP contribution is -2.23. The van der Waals surface area contributed by atoms with Crippen LogP contribution in [0.1, 0.15) is 23.6 Å². The van der Waals surface area contributed by atoms with Crippen LogP contribution < -0.4 is 10.1 Å². The Balaban J connectivity index is 1.77. The first-order valence-electron chi connectivity index (χ1n) is 8.99. The Labute approximate surface area is 169 Å². The maximum Gasteiger partial charge on any atom is 0.237 e. The predicted molar refractivity (Wildman–Crippen MR) is 113 cm³/mol. The number of benzene rings is 2. The average molecular weight is 397 g/mol. The van der Waals surface area contributed by atoms with Crippen LogP contribution in [0.4, 0.5) is 5.69 Å². The second-order valence-electron chi connectivity index (χ2n) is 6.73. The highest BCUT2D eigenvalue weighted by atomic mass is 32.2. The summed E-state index contributed by atoms with van der Waals surface area (Å²) in [6.45, 7) is 7.93. The van der Waals surface area contributed by atoms with E-state index in [0.717, 1.165) is 16.8 Å². The summed E-state index contributed by atoms with van der Waals surface area (Å²) in [5.41, 5.74) is 5.04. The van der Waals surface area contributed by atoms with E-state index in [4.69, 9.17) is 4.74 Å². The standard InChI is InChI=1S/C21H24N4O2S/c1-13-6-8-18(15(3)10-13)25-12-22-24-21(25)28-16(4)20(26)23-17-11-14(2)7-9-19(17)27-5/h6-12,16H,1-5H3,(H,23,26). The van der Waals surface area contributed by atoms with Crippen molar-refractivity contribution in [3.8, 4) is 11.4 Å². The zero-order valence-corrected chi connectivity index (χ0v) is 17.5. The fourth-order valence-electron chi connectivity index (χ4n) is 2.91. The highest BCUT2D eigenvalue weighted by Crippen LogP contribution is 2.29. The number of hydrogen-bond donors (Lipinski definition) is 1. The first-order valence-corrected chi connectivity index (χ1v) is 9.87. The Morgan fingerprint density at radius 1 is 1.14 bits per heavy atom. The van der Waals surface area contributed by atoms with Gasteiger partial charge in [0.05, 0.1) is 23.7 Å². The molecule has 0 spiro atoms. The number of thioether (sulfide) groups is 1. The lowest BCUT2D eigenvalue weighted by molar-refractivity contribution is -0.115. The molecule has 0 aliphatic rings. The summed E-state index contributed by atoms with van der Waals surface area (Å²) in [6.07, 6.45) is 1.67. The van der Waals surface area contributed by atoms with Gasteiger partial charge in [0.2, 0.25) is 5.91 Å². The van der Waals surface area contributed by atoms with Crippen molar-refractivity contribution in [1.82, 2.24) is 14.8 Å². The van der Waals surface area contributed by atoms with Gasteiger partial charge >= 0.3 is 0 Å². The fourth-order valence-corrected chi connectivity index (χ4v) is 3.75. The molecular formula is C21H24N4O2S. The van der Waals surface area contributed by atoms with Gasteiger partial charge in [-0.15, -0.1) is 10.2 Å². The molecule has 0 aliphatic carbocycles. The van der Waals surface area contributed by atoms with E-state index < -0.39 is 0 Å². The van der Waals surface area contributed by atoms with Gasteiger partial charge in [-0.25, -0.2) is 0 Å². The smallest absolute Gasteiger partial charge is 0.237 e. The second kappa shape index (κ2) is 8.48. The minimum Gasteiger partial charge on any atom is -0.495 e. The van der Waals surface area contributed by atoms with Crippen molar-refractivity contribution >= 4 is 23.4 Å². The lowest BCUT2D eigenvalue weighted by atomic mass is 10.1. The predicted octanol–water partition coefficient (Wildman–Crippen LogP) is 4.32. The quantitative estimate of drug-likeness (QED) is 0.629. The van der Waals surface area contributed by atoms with E-state index in [9.17, 15) is 4.79 Å². The summed E-state index contributed by atoms with van der Waals surface area (Å²) >= 11 is 1.37. The first-order chi connectivity index (χ1) is 13.4. The minimum absolute atomic E-state index is 0.121. The molecule has 7 heteroatoms. The molecule has 2 aromatic carbocycles. The van der Waals surface area contributed by atoms with Gasteiger partial charge in [0.25, 0.3) is 0 Å². The summed E-state index contributed by atoms with van der Waals surface area (Å²) in [6, 6.07) is 11.9. The Morgan fingerprint density at radius 2 is 1.86 bits per heavy atom. The molecule has 3 aromatic rings. The molecule has 1 unspecified atom stereocenters. The largest absolute Gasteiger partial charge is 0.495 e. The van der Waals surface area contributed by atoms with E-state index in [1.54, 1.807) is 13.4 Å². The molecule has 0 fully saturated rings. The van der Waals surface area contributed by atoms with Gasteiger partial charge < -0.3 is 10.1 Å². The number of anilines is 1. The Kier molecular flexibility index (Phi) is 6.04. The third kappa shape index (κ3) is 4.36. The maximum atomic E-state index is 12.7. The van der Waals surface area contributed by atoms with Crippen molar-refractivity contribution in [3.63, 3.8) is 0 Å². The molecule has 6 nitrogen and oxygen atoms in total. The number of nitrogens with zero attached hydrogens (tertiary/aromatic N) is 3. The van der Waals surface area contributed by atoms with Crippen LogP contribution in [0.2, 0.25) is 0 Å². The van der Waals surface area contributed by atoms with Gasteiger partial charge in [-0.3, -0.25) is 9.36 Å². The summed E-state index contributed by atoms with van der Waals surface area (Å²) in [5, 5.41) is 11.5. The maximum absolute atomic E-state index is 12.7. The molecule has 1 amide bonds. The minimum atomic E-state index is -0.362. The first kappa shape index (κ1) is 19.9. The zero-order chi connectivity index (χ0) is 20.3. The number of carbonyl (C=O) groups excluding carboxylic acids is 1. The zero-order valence-electron chi connectivity index (χ0n) is 16.7. The summed E-state index contributed by atoms with van der Waals surface area (Å²) in [4.78, 5) is 12.7. The highest BCUT2D eigenvalue weighted by molar-refractivity contribution is 8.00. The molecule has 0 saturated heterocycles. The van der Waals surface area contributed by atoms with Crippen LogP contribution in [-0.2, 0) is 4.79 Å². The normalized spacial score (nSPS) is 11.9. The third-order valence-corrected chi connectivity index (χ3v) is 5.45. The SMILES string of the molecule is COc1ccc(C)cc1NC(=O)C(C)Sc1nncn1-c1ccc(C)cc1C. The van der Waals surface area contributed by atoms with Gasteiger partial charge in [-0.2, -0.15) is 0 Å². The van der Waals surface area contributed by atoms with Crippen molar-refractivity contribution in [2.75, 3.05) is 12.4 Å². The number of amides is 1. The van der Waals surface area contributed by atoms with Crippen molar-refractivity contribution in [3.05, 3.63) is 59.4 Å². The Hall–Kier alpha value is -2.80. The van der Waals surface area contributed by atoms with Gasteiger partial charge in [0.1, 0.15) is 12.1 Å². The van der Waals surface area contributed by atoms with E-state index >= 15 is 0 Å². The topological polar surface area (TPSA) is 69.0 Å². The number of aromatic nitrogens is 3. The van der Waals surface area contributed by atoms with Crippen LogP contribution in [-0.4, -0.2) is 33.0 Å². The van der Waals surface area contributed by atoms with E-state index in [2.05, 4.69) is 41.5 Å². The van der Waals surface area contributed by atoms with Crippen LogP contribution >= 0.6 is 11.8 Å². The summed E-state index contributed by atoms with van der Waals surface area (Å²) < 4.78 is 7.25.